The summed E-state index contributed by atoms with van der Waals surface area (Å²) >= 11 is 3.58. The molecule has 0 spiro atoms. The maximum absolute atomic E-state index is 13.3. The Bertz CT molecular complexity index is 1350. The number of hydrogen-bond acceptors (Lipinski definition) is 4. The number of nitriles is 1. The molecule has 168 valence electrons. The van der Waals surface area contributed by atoms with Crippen LogP contribution in [0, 0.1) is 11.3 Å². The number of carbonyl (C=O) groups excluding carboxylic acids is 1. The number of para-hydroxylation sites is 1. The van der Waals surface area contributed by atoms with Crippen molar-refractivity contribution in [2.75, 3.05) is 13.7 Å². The molecule has 0 aliphatic rings. The number of halogens is 1. The lowest BCUT2D eigenvalue weighted by molar-refractivity contribution is 0.0754. The highest BCUT2D eigenvalue weighted by molar-refractivity contribution is 9.10. The number of benzene rings is 3. The molecule has 1 aromatic heterocycles. The Labute approximate surface area is 201 Å². The maximum Gasteiger partial charge on any atom is 0.289 e. The molecule has 0 aliphatic carbocycles. The molecule has 0 aliphatic heterocycles. The summed E-state index contributed by atoms with van der Waals surface area (Å²) in [5.74, 6) is 0.961. The van der Waals surface area contributed by atoms with Gasteiger partial charge in [0.05, 0.1) is 4.47 Å². The summed E-state index contributed by atoms with van der Waals surface area (Å²) in [4.78, 5) is 15.0. The van der Waals surface area contributed by atoms with E-state index in [1.807, 2.05) is 54.6 Å². The van der Waals surface area contributed by atoms with Crippen LogP contribution < -0.4 is 4.74 Å². The van der Waals surface area contributed by atoms with Gasteiger partial charge < -0.3 is 14.1 Å². The fourth-order valence-electron chi connectivity index (χ4n) is 4.03. The number of rotatable bonds is 8. The van der Waals surface area contributed by atoms with E-state index < -0.39 is 0 Å². The van der Waals surface area contributed by atoms with E-state index >= 15 is 0 Å². The van der Waals surface area contributed by atoms with Gasteiger partial charge in [-0.1, -0.05) is 49.7 Å². The van der Waals surface area contributed by atoms with E-state index in [9.17, 15) is 4.79 Å². The minimum absolute atomic E-state index is 0.00285. The second-order valence-corrected chi connectivity index (χ2v) is 8.84. The normalized spacial score (nSPS) is 11.0. The van der Waals surface area contributed by atoms with E-state index in [1.54, 1.807) is 11.9 Å². The molecule has 0 N–H and O–H groups in total. The molecule has 0 saturated heterocycles. The van der Waals surface area contributed by atoms with Gasteiger partial charge in [0.15, 0.2) is 12.4 Å². The molecular formula is C27H25BrN2O3. The highest BCUT2D eigenvalue weighted by Gasteiger charge is 2.23. The molecule has 3 aromatic carbocycles. The Morgan fingerprint density at radius 3 is 2.76 bits per heavy atom. The first-order valence-electron chi connectivity index (χ1n) is 11.0. The highest BCUT2D eigenvalue weighted by atomic mass is 79.9. The van der Waals surface area contributed by atoms with E-state index in [1.165, 1.54) is 0 Å². The van der Waals surface area contributed by atoms with Crippen LogP contribution in [0.4, 0.5) is 0 Å². The predicted molar refractivity (Wildman–Crippen MR) is 133 cm³/mol. The summed E-state index contributed by atoms with van der Waals surface area (Å²) < 4.78 is 12.3. The Kier molecular flexibility index (Phi) is 7.00. The summed E-state index contributed by atoms with van der Waals surface area (Å²) in [6, 6.07) is 19.7. The van der Waals surface area contributed by atoms with Gasteiger partial charge in [0.1, 0.15) is 17.4 Å². The fourth-order valence-corrected chi connectivity index (χ4v) is 4.64. The summed E-state index contributed by atoms with van der Waals surface area (Å²) in [5, 5.41) is 11.8. The van der Waals surface area contributed by atoms with Crippen LogP contribution in [0.1, 0.15) is 41.4 Å². The standard InChI is InChI=1S/C27H25BrN2O3/c1-3-4-7-22-21-8-5-6-9-23(21)33-26(22)27(31)30(2)17-18-10-12-20-19(16-18)11-13-24(25(20)28)32-15-14-29/h5-6,8-13,16H,3-4,7,15,17H2,1-2H3. The minimum atomic E-state index is -0.112. The van der Waals surface area contributed by atoms with Crippen molar-refractivity contribution in [1.29, 1.82) is 5.26 Å². The van der Waals surface area contributed by atoms with Crippen LogP contribution in [0.3, 0.4) is 0 Å². The molecular weight excluding hydrogens is 480 g/mol. The van der Waals surface area contributed by atoms with Gasteiger partial charge in [0.25, 0.3) is 5.91 Å². The summed E-state index contributed by atoms with van der Waals surface area (Å²) in [7, 11) is 1.80. The van der Waals surface area contributed by atoms with Crippen molar-refractivity contribution >= 4 is 43.6 Å². The van der Waals surface area contributed by atoms with Crippen LogP contribution >= 0.6 is 15.9 Å². The van der Waals surface area contributed by atoms with Crippen molar-refractivity contribution in [3.05, 3.63) is 76.0 Å². The molecule has 5 nitrogen and oxygen atoms in total. The second kappa shape index (κ2) is 10.1. The average molecular weight is 505 g/mol. The zero-order valence-corrected chi connectivity index (χ0v) is 20.3. The van der Waals surface area contributed by atoms with Crippen molar-refractivity contribution in [3.8, 4) is 11.8 Å². The molecule has 0 radical (unpaired) electrons. The SMILES string of the molecule is CCCCc1c(C(=O)N(C)Cc2ccc3c(Br)c(OCC#N)ccc3c2)oc2ccccc12. The number of fused-ring (bicyclic) bond motifs is 2. The Hall–Kier alpha value is -3.30. The molecule has 0 bridgehead atoms. The van der Waals surface area contributed by atoms with Crippen molar-refractivity contribution < 1.29 is 13.9 Å². The molecule has 0 atom stereocenters. The van der Waals surface area contributed by atoms with Gasteiger partial charge in [-0.25, -0.2) is 0 Å². The van der Waals surface area contributed by atoms with Crippen LogP contribution in [0.5, 0.6) is 5.75 Å². The number of furan rings is 1. The van der Waals surface area contributed by atoms with E-state index in [4.69, 9.17) is 14.4 Å². The third kappa shape index (κ3) is 4.74. The maximum atomic E-state index is 13.3. The number of ether oxygens (including phenoxy) is 1. The van der Waals surface area contributed by atoms with Crippen molar-refractivity contribution in [2.24, 2.45) is 0 Å². The molecule has 33 heavy (non-hydrogen) atoms. The highest BCUT2D eigenvalue weighted by Crippen LogP contribution is 2.34. The third-order valence-electron chi connectivity index (χ3n) is 5.71. The number of amides is 1. The van der Waals surface area contributed by atoms with Crippen LogP contribution in [0.25, 0.3) is 21.7 Å². The zero-order valence-electron chi connectivity index (χ0n) is 18.7. The predicted octanol–water partition coefficient (Wildman–Crippen LogP) is 6.87. The Morgan fingerprint density at radius 1 is 1.15 bits per heavy atom. The van der Waals surface area contributed by atoms with Gasteiger partial charge in [-0.05, 0) is 63.3 Å². The lowest BCUT2D eigenvalue weighted by atomic mass is 10.0. The molecule has 4 rings (SSSR count). The van der Waals surface area contributed by atoms with Gasteiger partial charge in [0, 0.05) is 24.5 Å². The molecule has 0 saturated carbocycles. The topological polar surface area (TPSA) is 66.5 Å². The van der Waals surface area contributed by atoms with Crippen LogP contribution in [0.15, 0.2) is 63.5 Å². The van der Waals surface area contributed by atoms with Gasteiger partial charge in [0.2, 0.25) is 0 Å². The molecule has 0 unspecified atom stereocenters. The molecule has 6 heteroatoms. The number of hydrogen-bond donors (Lipinski definition) is 0. The lowest BCUT2D eigenvalue weighted by Gasteiger charge is -2.17. The van der Waals surface area contributed by atoms with Crippen molar-refractivity contribution in [3.63, 3.8) is 0 Å². The molecule has 1 amide bonds. The van der Waals surface area contributed by atoms with Crippen LogP contribution in [-0.4, -0.2) is 24.5 Å². The summed E-state index contributed by atoms with van der Waals surface area (Å²) in [6.45, 7) is 2.60. The van der Waals surface area contributed by atoms with Crippen LogP contribution in [-0.2, 0) is 13.0 Å². The lowest BCUT2D eigenvalue weighted by Crippen LogP contribution is -2.26. The fraction of sp³-hybridized carbons (Fsp3) is 0.259. The Morgan fingerprint density at radius 2 is 1.97 bits per heavy atom. The zero-order chi connectivity index (χ0) is 23.4. The first kappa shape index (κ1) is 22.9. The monoisotopic (exact) mass is 504 g/mol. The summed E-state index contributed by atoms with van der Waals surface area (Å²) in [5.41, 5.74) is 2.77. The number of unbranched alkanes of at least 4 members (excludes halogenated alkanes) is 1. The van der Waals surface area contributed by atoms with E-state index in [2.05, 4.69) is 28.9 Å². The van der Waals surface area contributed by atoms with E-state index in [-0.39, 0.29) is 12.5 Å². The van der Waals surface area contributed by atoms with Crippen molar-refractivity contribution in [2.45, 2.75) is 32.7 Å². The van der Waals surface area contributed by atoms with E-state index in [0.717, 1.165) is 56.6 Å². The largest absolute Gasteiger partial charge is 0.478 e. The number of aryl methyl sites for hydroxylation is 1. The van der Waals surface area contributed by atoms with E-state index in [0.29, 0.717) is 18.1 Å². The van der Waals surface area contributed by atoms with Gasteiger partial charge in [-0.2, -0.15) is 5.26 Å². The first-order valence-corrected chi connectivity index (χ1v) is 11.8. The van der Waals surface area contributed by atoms with Gasteiger partial charge in [-0.3, -0.25) is 4.79 Å². The smallest absolute Gasteiger partial charge is 0.289 e. The molecule has 0 fully saturated rings. The number of carbonyl (C=O) groups is 1. The molecule has 1 heterocycles. The Balaban J connectivity index is 1.58. The van der Waals surface area contributed by atoms with Crippen LogP contribution in [0.2, 0.25) is 0 Å². The van der Waals surface area contributed by atoms with Gasteiger partial charge >= 0.3 is 0 Å². The van der Waals surface area contributed by atoms with Gasteiger partial charge in [-0.15, -0.1) is 0 Å². The summed E-state index contributed by atoms with van der Waals surface area (Å²) in [6.07, 6.45) is 2.88. The first-order chi connectivity index (χ1) is 16.0. The van der Waals surface area contributed by atoms with Crippen molar-refractivity contribution in [1.82, 2.24) is 4.90 Å². The quantitative estimate of drug-likeness (QED) is 0.262. The second-order valence-electron chi connectivity index (χ2n) is 8.05. The molecule has 4 aromatic rings. The third-order valence-corrected chi connectivity index (χ3v) is 6.53. The average Bonchev–Trinajstić information content (AvgIpc) is 3.20. The minimum Gasteiger partial charge on any atom is -0.478 e. The number of nitrogens with zero attached hydrogens (tertiary/aromatic N) is 2.